The average Bonchev–Trinajstić information content (AvgIpc) is 2.38. The smallest absolute Gasteiger partial charge is 0.119 e. The van der Waals surface area contributed by atoms with Crippen LogP contribution in [0, 0.1) is 0 Å². The predicted molar refractivity (Wildman–Crippen MR) is 81.7 cm³/mol. The number of hydrogen-bond acceptors (Lipinski definition) is 2. The van der Waals surface area contributed by atoms with E-state index in [1.807, 2.05) is 42.5 Å². The van der Waals surface area contributed by atoms with Crippen LogP contribution in [-0.4, -0.2) is 7.11 Å². The highest BCUT2D eigenvalue weighted by atomic mass is 79.9. The number of benzene rings is 2. The lowest BCUT2D eigenvalue weighted by atomic mass is 10.2. The van der Waals surface area contributed by atoms with Gasteiger partial charge in [0, 0.05) is 16.7 Å². The van der Waals surface area contributed by atoms with Gasteiger partial charge in [-0.05, 0) is 42.0 Å². The van der Waals surface area contributed by atoms with Crippen molar-refractivity contribution in [1.82, 2.24) is 0 Å². The molecular weight excluding hydrogens is 314 g/mol. The number of rotatable bonds is 4. The van der Waals surface area contributed by atoms with Gasteiger partial charge >= 0.3 is 0 Å². The monoisotopic (exact) mass is 327 g/mol. The molecule has 0 aliphatic carbocycles. The molecule has 0 heterocycles. The third-order valence-electron chi connectivity index (χ3n) is 2.48. The first kappa shape index (κ1) is 14.9. The normalized spacial score (nSPS) is 9.44. The van der Waals surface area contributed by atoms with E-state index in [9.17, 15) is 0 Å². The zero-order valence-electron chi connectivity index (χ0n) is 10.0. The van der Waals surface area contributed by atoms with Crippen LogP contribution >= 0.6 is 28.3 Å². The zero-order valence-corrected chi connectivity index (χ0v) is 12.4. The van der Waals surface area contributed by atoms with Gasteiger partial charge in [-0.2, -0.15) is 0 Å². The molecule has 0 fully saturated rings. The minimum absolute atomic E-state index is 0. The van der Waals surface area contributed by atoms with Crippen molar-refractivity contribution in [3.05, 3.63) is 58.6 Å². The van der Waals surface area contributed by atoms with Crippen molar-refractivity contribution in [3.63, 3.8) is 0 Å². The third kappa shape index (κ3) is 4.24. The fourth-order valence-corrected chi connectivity index (χ4v) is 1.82. The molecule has 0 saturated heterocycles. The highest BCUT2D eigenvalue weighted by molar-refractivity contribution is 9.10. The van der Waals surface area contributed by atoms with Crippen LogP contribution < -0.4 is 10.1 Å². The number of anilines is 1. The van der Waals surface area contributed by atoms with Crippen molar-refractivity contribution in [2.75, 3.05) is 12.4 Å². The second-order valence-corrected chi connectivity index (χ2v) is 4.63. The van der Waals surface area contributed by atoms with Crippen LogP contribution in [0.4, 0.5) is 5.69 Å². The molecule has 0 aliphatic rings. The zero-order chi connectivity index (χ0) is 12.1. The summed E-state index contributed by atoms with van der Waals surface area (Å²) in [5, 5.41) is 3.36. The van der Waals surface area contributed by atoms with Crippen molar-refractivity contribution in [3.8, 4) is 5.75 Å². The van der Waals surface area contributed by atoms with Gasteiger partial charge in [0.2, 0.25) is 0 Å². The maximum absolute atomic E-state index is 5.19. The molecule has 2 aromatic carbocycles. The molecule has 0 radical (unpaired) electrons. The lowest BCUT2D eigenvalue weighted by molar-refractivity contribution is 0.414. The largest absolute Gasteiger partial charge is 0.497 e. The molecule has 0 unspecified atom stereocenters. The standard InChI is InChI=1S/C14H14BrNO.ClH/c1-17-14-4-2-3-11(9-14)10-16-13-7-5-12(15)6-8-13;/h2-9,16H,10H2,1H3;1H. The average molecular weight is 329 g/mol. The van der Waals surface area contributed by atoms with E-state index in [0.29, 0.717) is 0 Å². The Morgan fingerprint density at radius 1 is 1.11 bits per heavy atom. The molecule has 0 amide bonds. The molecule has 0 spiro atoms. The van der Waals surface area contributed by atoms with Gasteiger partial charge in [-0.25, -0.2) is 0 Å². The molecule has 2 aromatic rings. The molecule has 96 valence electrons. The van der Waals surface area contributed by atoms with Crippen LogP contribution in [-0.2, 0) is 6.54 Å². The van der Waals surface area contributed by atoms with Crippen molar-refractivity contribution in [2.45, 2.75) is 6.54 Å². The summed E-state index contributed by atoms with van der Waals surface area (Å²) in [6.45, 7) is 0.791. The van der Waals surface area contributed by atoms with Gasteiger partial charge in [0.15, 0.2) is 0 Å². The lowest BCUT2D eigenvalue weighted by Crippen LogP contribution is -1.99. The van der Waals surface area contributed by atoms with Gasteiger partial charge in [-0.15, -0.1) is 12.4 Å². The fourth-order valence-electron chi connectivity index (χ4n) is 1.55. The summed E-state index contributed by atoms with van der Waals surface area (Å²) in [7, 11) is 1.68. The van der Waals surface area contributed by atoms with Gasteiger partial charge in [0.25, 0.3) is 0 Å². The first-order valence-corrected chi connectivity index (χ1v) is 6.19. The number of nitrogens with one attached hydrogen (secondary N) is 1. The summed E-state index contributed by atoms with van der Waals surface area (Å²) >= 11 is 3.42. The highest BCUT2D eigenvalue weighted by Crippen LogP contribution is 2.16. The van der Waals surface area contributed by atoms with Crippen LogP contribution in [0.15, 0.2) is 53.0 Å². The van der Waals surface area contributed by atoms with Crippen LogP contribution in [0.3, 0.4) is 0 Å². The molecule has 0 aromatic heterocycles. The van der Waals surface area contributed by atoms with E-state index in [4.69, 9.17) is 4.74 Å². The highest BCUT2D eigenvalue weighted by Gasteiger charge is 1.96. The summed E-state index contributed by atoms with van der Waals surface area (Å²) in [5.41, 5.74) is 2.31. The van der Waals surface area contributed by atoms with E-state index in [-0.39, 0.29) is 12.4 Å². The molecule has 4 heteroatoms. The van der Waals surface area contributed by atoms with E-state index in [1.54, 1.807) is 7.11 Å². The maximum Gasteiger partial charge on any atom is 0.119 e. The van der Waals surface area contributed by atoms with E-state index < -0.39 is 0 Å². The third-order valence-corrected chi connectivity index (χ3v) is 3.00. The Kier molecular flexibility index (Phi) is 6.02. The van der Waals surface area contributed by atoms with Crippen molar-refractivity contribution >= 4 is 34.0 Å². The second-order valence-electron chi connectivity index (χ2n) is 3.71. The first-order chi connectivity index (χ1) is 8.28. The molecule has 0 bridgehead atoms. The summed E-state index contributed by atoms with van der Waals surface area (Å²) in [6.07, 6.45) is 0. The van der Waals surface area contributed by atoms with Crippen LogP contribution in [0.5, 0.6) is 5.75 Å². The van der Waals surface area contributed by atoms with Crippen LogP contribution in [0.2, 0.25) is 0 Å². The minimum atomic E-state index is 0. The Hall–Kier alpha value is -1.19. The van der Waals surface area contributed by atoms with Crippen molar-refractivity contribution in [1.29, 1.82) is 0 Å². The molecule has 18 heavy (non-hydrogen) atoms. The fraction of sp³-hybridized carbons (Fsp3) is 0.143. The topological polar surface area (TPSA) is 21.3 Å². The SMILES string of the molecule is COc1cccc(CNc2ccc(Br)cc2)c1.Cl. The quantitative estimate of drug-likeness (QED) is 0.892. The summed E-state index contributed by atoms with van der Waals surface area (Å²) in [6, 6.07) is 16.2. The van der Waals surface area contributed by atoms with Crippen molar-refractivity contribution < 1.29 is 4.74 Å². The molecule has 0 aliphatic heterocycles. The Labute approximate surface area is 122 Å². The molecular formula is C14H15BrClNO. The molecule has 2 nitrogen and oxygen atoms in total. The lowest BCUT2D eigenvalue weighted by Gasteiger charge is -2.07. The number of hydrogen-bond donors (Lipinski definition) is 1. The van der Waals surface area contributed by atoms with Crippen molar-refractivity contribution in [2.24, 2.45) is 0 Å². The van der Waals surface area contributed by atoms with Crippen LogP contribution in [0.1, 0.15) is 5.56 Å². The molecule has 2 rings (SSSR count). The van der Waals surface area contributed by atoms with Gasteiger partial charge in [-0.1, -0.05) is 28.1 Å². The second kappa shape index (κ2) is 7.29. The maximum atomic E-state index is 5.19. The summed E-state index contributed by atoms with van der Waals surface area (Å²) < 4.78 is 6.28. The van der Waals surface area contributed by atoms with Gasteiger partial charge in [-0.3, -0.25) is 0 Å². The van der Waals surface area contributed by atoms with E-state index in [2.05, 4.69) is 27.3 Å². The molecule has 1 N–H and O–H groups in total. The minimum Gasteiger partial charge on any atom is -0.497 e. The summed E-state index contributed by atoms with van der Waals surface area (Å²) in [4.78, 5) is 0. The van der Waals surface area contributed by atoms with Gasteiger partial charge < -0.3 is 10.1 Å². The molecule has 0 atom stereocenters. The first-order valence-electron chi connectivity index (χ1n) is 5.40. The van der Waals surface area contributed by atoms with E-state index >= 15 is 0 Å². The summed E-state index contributed by atoms with van der Waals surface area (Å²) in [5.74, 6) is 0.889. The van der Waals surface area contributed by atoms with Crippen LogP contribution in [0.25, 0.3) is 0 Å². The Bertz CT molecular complexity index is 487. The number of ether oxygens (including phenoxy) is 1. The number of methoxy groups -OCH3 is 1. The Morgan fingerprint density at radius 2 is 1.83 bits per heavy atom. The molecule has 0 saturated carbocycles. The number of halogens is 2. The van der Waals surface area contributed by atoms with Gasteiger partial charge in [0.05, 0.1) is 7.11 Å². The Balaban J connectivity index is 0.00000162. The predicted octanol–water partition coefficient (Wildman–Crippen LogP) is 4.49. The van der Waals surface area contributed by atoms with E-state index in [1.165, 1.54) is 5.56 Å². The van der Waals surface area contributed by atoms with E-state index in [0.717, 1.165) is 22.5 Å². The van der Waals surface area contributed by atoms with Gasteiger partial charge in [0.1, 0.15) is 5.75 Å². The Morgan fingerprint density at radius 3 is 2.50 bits per heavy atom.